The Morgan fingerprint density at radius 1 is 1.17 bits per heavy atom. The molecular weight excluding hydrogens is 302 g/mol. The molecule has 0 atom stereocenters. The maximum Gasteiger partial charge on any atom is 0.243 e. The summed E-state index contributed by atoms with van der Waals surface area (Å²) in [5, 5.41) is 3.02. The number of carbonyl (C=O) groups is 1. The van der Waals surface area contributed by atoms with Crippen LogP contribution in [0, 0.1) is 0 Å². The second-order valence-corrected chi connectivity index (χ2v) is 6.57. The van der Waals surface area contributed by atoms with Gasteiger partial charge < -0.3 is 15.0 Å². The van der Waals surface area contributed by atoms with Gasteiger partial charge in [0.15, 0.2) is 0 Å². The molecule has 0 radical (unpaired) electrons. The van der Waals surface area contributed by atoms with Gasteiger partial charge in [-0.15, -0.1) is 0 Å². The fourth-order valence-electron chi connectivity index (χ4n) is 3.76. The van der Waals surface area contributed by atoms with Crippen LogP contribution in [-0.2, 0) is 9.53 Å². The third-order valence-electron chi connectivity index (χ3n) is 5.27. The molecule has 2 saturated heterocycles. The highest BCUT2D eigenvalue weighted by molar-refractivity contribution is 5.86. The van der Waals surface area contributed by atoms with Crippen molar-refractivity contribution in [3.8, 4) is 0 Å². The van der Waals surface area contributed by atoms with Crippen LogP contribution in [-0.4, -0.2) is 62.3 Å². The Hall–Kier alpha value is -1.85. The van der Waals surface area contributed by atoms with Crippen molar-refractivity contribution in [2.75, 3.05) is 50.8 Å². The maximum atomic E-state index is 11.6. The first-order chi connectivity index (χ1) is 11.7. The lowest BCUT2D eigenvalue weighted by Crippen LogP contribution is -2.63. The van der Waals surface area contributed by atoms with Crippen LogP contribution in [0.5, 0.6) is 0 Å². The Kier molecular flexibility index (Phi) is 5.53. The van der Waals surface area contributed by atoms with Crippen LogP contribution in [0.4, 0.5) is 5.69 Å². The molecule has 0 aromatic heterocycles. The van der Waals surface area contributed by atoms with Gasteiger partial charge in [0.2, 0.25) is 5.91 Å². The quantitative estimate of drug-likeness (QED) is 0.835. The Bertz CT molecular complexity index is 547. The van der Waals surface area contributed by atoms with Gasteiger partial charge in [0, 0.05) is 57.2 Å². The fraction of sp³-hybridized carbons (Fsp3) is 0.526. The summed E-state index contributed by atoms with van der Waals surface area (Å²) in [6.45, 7) is 9.81. The van der Waals surface area contributed by atoms with E-state index in [1.54, 1.807) is 0 Å². The van der Waals surface area contributed by atoms with Gasteiger partial charge in [0.1, 0.15) is 0 Å². The van der Waals surface area contributed by atoms with Gasteiger partial charge in [0.05, 0.1) is 0 Å². The van der Waals surface area contributed by atoms with E-state index in [0.717, 1.165) is 52.2 Å². The van der Waals surface area contributed by atoms with Gasteiger partial charge >= 0.3 is 0 Å². The number of nitrogens with one attached hydrogen (secondary N) is 1. The highest BCUT2D eigenvalue weighted by Crippen LogP contribution is 2.29. The molecule has 2 fully saturated rings. The predicted molar refractivity (Wildman–Crippen MR) is 96.2 cm³/mol. The lowest BCUT2D eigenvalue weighted by molar-refractivity contribution is -0.118. The molecule has 1 aromatic rings. The monoisotopic (exact) mass is 329 g/mol. The van der Waals surface area contributed by atoms with Gasteiger partial charge in [-0.05, 0) is 31.1 Å². The lowest BCUT2D eigenvalue weighted by atomic mass is 9.87. The number of piperazine rings is 1. The zero-order valence-electron chi connectivity index (χ0n) is 14.2. The van der Waals surface area contributed by atoms with Crippen LogP contribution in [0.25, 0.3) is 0 Å². The minimum absolute atomic E-state index is 0.0136. The molecule has 0 saturated carbocycles. The number of hydrogen-bond donors (Lipinski definition) is 1. The SMILES string of the molecule is C=CC(=O)NCC1(N2CCN(c3ccccc3)CC2)CCOCC1. The summed E-state index contributed by atoms with van der Waals surface area (Å²) in [6, 6.07) is 10.6. The summed E-state index contributed by atoms with van der Waals surface area (Å²) in [4.78, 5) is 16.6. The molecule has 0 aliphatic carbocycles. The van der Waals surface area contributed by atoms with Crippen molar-refractivity contribution in [3.05, 3.63) is 43.0 Å². The average Bonchev–Trinajstić information content (AvgIpc) is 2.67. The maximum absolute atomic E-state index is 11.6. The summed E-state index contributed by atoms with van der Waals surface area (Å²) in [7, 11) is 0. The van der Waals surface area contributed by atoms with Crippen LogP contribution >= 0.6 is 0 Å². The largest absolute Gasteiger partial charge is 0.381 e. The summed E-state index contributed by atoms with van der Waals surface area (Å²) in [5.74, 6) is -0.0937. The zero-order chi connectivity index (χ0) is 16.8. The van der Waals surface area contributed by atoms with Crippen LogP contribution in [0.1, 0.15) is 12.8 Å². The predicted octanol–water partition coefficient (Wildman–Crippen LogP) is 1.66. The first-order valence-electron chi connectivity index (χ1n) is 8.77. The molecule has 2 aliphatic rings. The molecule has 5 nitrogen and oxygen atoms in total. The van der Waals surface area contributed by atoms with Gasteiger partial charge in [-0.3, -0.25) is 9.69 Å². The standard InChI is InChI=1S/C19H27N3O2/c1-2-18(23)20-16-19(8-14-24-15-9-19)22-12-10-21(11-13-22)17-6-4-3-5-7-17/h2-7H,1,8-16H2,(H,20,23). The van der Waals surface area contributed by atoms with Crippen molar-refractivity contribution in [1.82, 2.24) is 10.2 Å². The highest BCUT2D eigenvalue weighted by Gasteiger charge is 2.39. The van der Waals surface area contributed by atoms with Crippen LogP contribution in [0.3, 0.4) is 0 Å². The van der Waals surface area contributed by atoms with Crippen molar-refractivity contribution < 1.29 is 9.53 Å². The minimum atomic E-state index is -0.0937. The molecular formula is C19H27N3O2. The summed E-state index contributed by atoms with van der Waals surface area (Å²) < 4.78 is 5.57. The van der Waals surface area contributed by atoms with Gasteiger partial charge in [0.25, 0.3) is 0 Å². The molecule has 1 amide bonds. The number of rotatable bonds is 5. The highest BCUT2D eigenvalue weighted by atomic mass is 16.5. The third-order valence-corrected chi connectivity index (χ3v) is 5.27. The second kappa shape index (κ2) is 7.81. The molecule has 130 valence electrons. The van der Waals surface area contributed by atoms with Crippen molar-refractivity contribution in [1.29, 1.82) is 0 Å². The molecule has 1 aromatic carbocycles. The van der Waals surface area contributed by atoms with E-state index in [9.17, 15) is 4.79 Å². The van der Waals surface area contributed by atoms with Gasteiger partial charge in [-0.1, -0.05) is 24.8 Å². The molecule has 2 aliphatic heterocycles. The minimum Gasteiger partial charge on any atom is -0.381 e. The van der Waals surface area contributed by atoms with E-state index in [2.05, 4.69) is 52.0 Å². The molecule has 0 unspecified atom stereocenters. The van der Waals surface area contributed by atoms with Gasteiger partial charge in [-0.2, -0.15) is 0 Å². The van der Waals surface area contributed by atoms with E-state index in [1.165, 1.54) is 11.8 Å². The number of hydrogen-bond acceptors (Lipinski definition) is 4. The Morgan fingerprint density at radius 2 is 1.83 bits per heavy atom. The van der Waals surface area contributed by atoms with Crippen molar-refractivity contribution in [2.24, 2.45) is 0 Å². The number of anilines is 1. The lowest BCUT2D eigenvalue weighted by Gasteiger charge is -2.50. The topological polar surface area (TPSA) is 44.8 Å². The summed E-state index contributed by atoms with van der Waals surface area (Å²) in [5.41, 5.74) is 1.30. The second-order valence-electron chi connectivity index (χ2n) is 6.57. The molecule has 3 rings (SSSR count). The van der Waals surface area contributed by atoms with Gasteiger partial charge in [-0.25, -0.2) is 0 Å². The number of amides is 1. The smallest absolute Gasteiger partial charge is 0.243 e. The van der Waals surface area contributed by atoms with Crippen LogP contribution in [0.2, 0.25) is 0 Å². The number of carbonyl (C=O) groups excluding carboxylic acids is 1. The van der Waals surface area contributed by atoms with E-state index in [4.69, 9.17) is 4.74 Å². The Balaban J connectivity index is 1.64. The van der Waals surface area contributed by atoms with Crippen molar-refractivity contribution >= 4 is 11.6 Å². The third kappa shape index (κ3) is 3.79. The fourth-order valence-corrected chi connectivity index (χ4v) is 3.76. The zero-order valence-corrected chi connectivity index (χ0v) is 14.2. The molecule has 5 heteroatoms. The average molecular weight is 329 g/mol. The molecule has 1 N–H and O–H groups in total. The molecule has 0 bridgehead atoms. The Labute approximate surface area is 144 Å². The number of nitrogens with zero attached hydrogens (tertiary/aromatic N) is 2. The Morgan fingerprint density at radius 3 is 2.46 bits per heavy atom. The van der Waals surface area contributed by atoms with E-state index < -0.39 is 0 Å². The van der Waals surface area contributed by atoms with E-state index >= 15 is 0 Å². The first kappa shape index (κ1) is 17.0. The van der Waals surface area contributed by atoms with E-state index in [-0.39, 0.29) is 11.4 Å². The summed E-state index contributed by atoms with van der Waals surface area (Å²) in [6.07, 6.45) is 3.28. The number of para-hydroxylation sites is 1. The van der Waals surface area contributed by atoms with E-state index in [1.807, 2.05) is 0 Å². The normalized spacial score (nSPS) is 21.2. The van der Waals surface area contributed by atoms with E-state index in [0.29, 0.717) is 6.54 Å². The molecule has 2 heterocycles. The number of benzene rings is 1. The van der Waals surface area contributed by atoms with Crippen LogP contribution in [0.15, 0.2) is 43.0 Å². The molecule has 24 heavy (non-hydrogen) atoms. The van der Waals surface area contributed by atoms with Crippen molar-refractivity contribution in [2.45, 2.75) is 18.4 Å². The number of ether oxygens (including phenoxy) is 1. The van der Waals surface area contributed by atoms with Crippen LogP contribution < -0.4 is 10.2 Å². The summed E-state index contributed by atoms with van der Waals surface area (Å²) >= 11 is 0. The molecule has 0 spiro atoms. The van der Waals surface area contributed by atoms with Crippen molar-refractivity contribution in [3.63, 3.8) is 0 Å². The first-order valence-corrected chi connectivity index (χ1v) is 8.77.